The molecule has 0 unspecified atom stereocenters. The number of Topliss-reactive ketones (excluding diaryl/α,β-unsaturated/α-hetero) is 1. The van der Waals surface area contributed by atoms with Gasteiger partial charge in [0.15, 0.2) is 11.5 Å². The van der Waals surface area contributed by atoms with Crippen LogP contribution in [0.1, 0.15) is 19.8 Å². The molecule has 1 aliphatic carbocycles. The van der Waals surface area contributed by atoms with Crippen molar-refractivity contribution in [2.24, 2.45) is 0 Å². The van der Waals surface area contributed by atoms with E-state index < -0.39 is 11.9 Å². The van der Waals surface area contributed by atoms with Crippen LogP contribution < -0.4 is 0 Å². The number of esters is 2. The molecule has 98 valence electrons. The number of ether oxygens (including phenoxy) is 3. The fraction of sp³-hybridized carbons (Fsp3) is 0.417. The highest BCUT2D eigenvalue weighted by Crippen LogP contribution is 2.25. The van der Waals surface area contributed by atoms with Crippen molar-refractivity contribution in [3.05, 3.63) is 23.2 Å². The van der Waals surface area contributed by atoms with E-state index in [-0.39, 0.29) is 17.3 Å². The van der Waals surface area contributed by atoms with Crippen molar-refractivity contribution in [3.8, 4) is 0 Å². The SMILES string of the molecule is COC(=O)/C=C(/OC1=C(C)CCC1=O)C(=O)OC. The molecule has 1 aliphatic rings. The van der Waals surface area contributed by atoms with Crippen molar-refractivity contribution in [2.75, 3.05) is 14.2 Å². The summed E-state index contributed by atoms with van der Waals surface area (Å²) in [7, 11) is 2.31. The summed E-state index contributed by atoms with van der Waals surface area (Å²) < 4.78 is 14.0. The van der Waals surface area contributed by atoms with Crippen LogP contribution in [0.3, 0.4) is 0 Å². The number of carbonyl (C=O) groups is 3. The fourth-order valence-electron chi connectivity index (χ4n) is 1.42. The normalized spacial score (nSPS) is 15.7. The molecule has 6 nitrogen and oxygen atoms in total. The van der Waals surface area contributed by atoms with E-state index in [1.54, 1.807) is 6.92 Å². The molecule has 0 radical (unpaired) electrons. The molecule has 6 heteroatoms. The first kappa shape index (κ1) is 14.0. The van der Waals surface area contributed by atoms with Crippen molar-refractivity contribution in [3.63, 3.8) is 0 Å². The Balaban J connectivity index is 2.96. The molecule has 18 heavy (non-hydrogen) atoms. The average Bonchev–Trinajstić information content (AvgIpc) is 2.68. The van der Waals surface area contributed by atoms with Gasteiger partial charge in [0.25, 0.3) is 0 Å². The predicted molar refractivity (Wildman–Crippen MR) is 60.1 cm³/mol. The molecule has 1 rings (SSSR count). The maximum Gasteiger partial charge on any atom is 0.374 e. The molecule has 0 aliphatic heterocycles. The molecular weight excluding hydrogens is 240 g/mol. The highest BCUT2D eigenvalue weighted by Gasteiger charge is 2.26. The van der Waals surface area contributed by atoms with E-state index in [2.05, 4.69) is 9.47 Å². The lowest BCUT2D eigenvalue weighted by atomic mass is 10.3. The Kier molecular flexibility index (Phi) is 4.65. The van der Waals surface area contributed by atoms with Crippen LogP contribution in [0.5, 0.6) is 0 Å². The van der Waals surface area contributed by atoms with E-state index in [1.807, 2.05) is 0 Å². The number of ketones is 1. The second kappa shape index (κ2) is 6.00. The predicted octanol–water partition coefficient (Wildman–Crippen LogP) is 0.870. The van der Waals surface area contributed by atoms with Gasteiger partial charge in [-0.25, -0.2) is 9.59 Å². The van der Waals surface area contributed by atoms with E-state index in [0.717, 1.165) is 18.8 Å². The van der Waals surface area contributed by atoms with Gasteiger partial charge in [0.05, 0.1) is 20.3 Å². The summed E-state index contributed by atoms with van der Waals surface area (Å²) >= 11 is 0. The van der Waals surface area contributed by atoms with Crippen LogP contribution >= 0.6 is 0 Å². The second-order valence-electron chi connectivity index (χ2n) is 3.66. The summed E-state index contributed by atoms with van der Waals surface area (Å²) in [6.45, 7) is 1.73. The van der Waals surface area contributed by atoms with Gasteiger partial charge < -0.3 is 14.2 Å². The largest absolute Gasteiger partial charge is 0.466 e. The van der Waals surface area contributed by atoms with Crippen molar-refractivity contribution in [1.82, 2.24) is 0 Å². The van der Waals surface area contributed by atoms with Gasteiger partial charge in [-0.1, -0.05) is 0 Å². The van der Waals surface area contributed by atoms with Crippen molar-refractivity contribution in [1.29, 1.82) is 0 Å². The summed E-state index contributed by atoms with van der Waals surface area (Å²) in [6.07, 6.45) is 1.77. The molecule has 0 atom stereocenters. The molecule has 0 saturated carbocycles. The second-order valence-corrected chi connectivity index (χ2v) is 3.66. The monoisotopic (exact) mass is 254 g/mol. The summed E-state index contributed by atoms with van der Waals surface area (Å²) in [6, 6.07) is 0. The first-order valence-electron chi connectivity index (χ1n) is 5.28. The number of rotatable bonds is 4. The third-order valence-corrected chi connectivity index (χ3v) is 2.42. The van der Waals surface area contributed by atoms with Crippen LogP contribution in [0.15, 0.2) is 23.2 Å². The Labute approximate surface area is 104 Å². The minimum atomic E-state index is -0.847. The van der Waals surface area contributed by atoms with Crippen LogP contribution in [-0.2, 0) is 28.6 Å². The fourth-order valence-corrected chi connectivity index (χ4v) is 1.42. The maximum atomic E-state index is 11.5. The number of hydrogen-bond donors (Lipinski definition) is 0. The molecule has 0 amide bonds. The van der Waals surface area contributed by atoms with Gasteiger partial charge in [-0.3, -0.25) is 4.79 Å². The summed E-state index contributed by atoms with van der Waals surface area (Å²) in [5.74, 6) is -2.09. The van der Waals surface area contributed by atoms with E-state index in [4.69, 9.17) is 4.74 Å². The highest BCUT2D eigenvalue weighted by atomic mass is 16.6. The molecule has 0 N–H and O–H groups in total. The summed E-state index contributed by atoms with van der Waals surface area (Å²) in [4.78, 5) is 34.0. The maximum absolute atomic E-state index is 11.5. The van der Waals surface area contributed by atoms with Gasteiger partial charge in [-0.15, -0.1) is 0 Å². The molecular formula is C12H14O6. The lowest BCUT2D eigenvalue weighted by molar-refractivity contribution is -0.141. The standard InChI is InChI=1S/C12H14O6/c1-7-4-5-8(13)11(7)18-9(12(15)17-3)6-10(14)16-2/h6H,4-5H2,1-3H3/b9-6+. The van der Waals surface area contributed by atoms with Crippen LogP contribution in [0.4, 0.5) is 0 Å². The van der Waals surface area contributed by atoms with Crippen LogP contribution in [0.25, 0.3) is 0 Å². The van der Waals surface area contributed by atoms with E-state index in [9.17, 15) is 14.4 Å². The van der Waals surface area contributed by atoms with E-state index in [1.165, 1.54) is 7.11 Å². The van der Waals surface area contributed by atoms with Gasteiger partial charge in [0.2, 0.25) is 5.76 Å². The first-order chi connectivity index (χ1) is 8.49. The Morgan fingerprint density at radius 2 is 1.83 bits per heavy atom. The Morgan fingerprint density at radius 1 is 1.17 bits per heavy atom. The molecule has 0 aromatic rings. The minimum absolute atomic E-state index is 0.0931. The Hall–Kier alpha value is -2.11. The highest BCUT2D eigenvalue weighted by molar-refractivity contribution is 5.99. The number of allylic oxidation sites excluding steroid dienone is 2. The summed E-state index contributed by atoms with van der Waals surface area (Å²) in [5.41, 5.74) is 0.736. The smallest absolute Gasteiger partial charge is 0.374 e. The molecule has 0 heterocycles. The lowest BCUT2D eigenvalue weighted by Crippen LogP contribution is -2.13. The zero-order chi connectivity index (χ0) is 13.7. The van der Waals surface area contributed by atoms with Crippen LogP contribution in [0, 0.1) is 0 Å². The van der Waals surface area contributed by atoms with E-state index in [0.29, 0.717) is 12.8 Å². The van der Waals surface area contributed by atoms with Crippen molar-refractivity contribution >= 4 is 17.7 Å². The van der Waals surface area contributed by atoms with Gasteiger partial charge >= 0.3 is 11.9 Å². The van der Waals surface area contributed by atoms with Gasteiger partial charge in [-0.05, 0) is 18.9 Å². The van der Waals surface area contributed by atoms with Crippen LogP contribution in [0.2, 0.25) is 0 Å². The molecule has 0 aromatic carbocycles. The molecule has 0 fully saturated rings. The zero-order valence-electron chi connectivity index (χ0n) is 10.4. The first-order valence-corrected chi connectivity index (χ1v) is 5.28. The number of methoxy groups -OCH3 is 2. The number of carbonyl (C=O) groups excluding carboxylic acids is 3. The van der Waals surface area contributed by atoms with Gasteiger partial charge in [0, 0.05) is 6.42 Å². The molecule has 0 spiro atoms. The Morgan fingerprint density at radius 3 is 2.28 bits per heavy atom. The zero-order valence-corrected chi connectivity index (χ0v) is 10.4. The third kappa shape index (κ3) is 3.19. The van der Waals surface area contributed by atoms with Crippen LogP contribution in [-0.4, -0.2) is 31.9 Å². The summed E-state index contributed by atoms with van der Waals surface area (Å²) in [5, 5.41) is 0. The number of hydrogen-bond acceptors (Lipinski definition) is 6. The molecule has 0 bridgehead atoms. The molecule has 0 saturated heterocycles. The third-order valence-electron chi connectivity index (χ3n) is 2.42. The van der Waals surface area contributed by atoms with Crippen molar-refractivity contribution in [2.45, 2.75) is 19.8 Å². The lowest BCUT2D eigenvalue weighted by Gasteiger charge is -2.08. The quantitative estimate of drug-likeness (QED) is 0.421. The topological polar surface area (TPSA) is 78.9 Å². The van der Waals surface area contributed by atoms with Gasteiger partial charge in [-0.2, -0.15) is 0 Å². The molecule has 0 aromatic heterocycles. The minimum Gasteiger partial charge on any atom is -0.466 e. The average molecular weight is 254 g/mol. The van der Waals surface area contributed by atoms with E-state index >= 15 is 0 Å². The van der Waals surface area contributed by atoms with Crippen molar-refractivity contribution < 1.29 is 28.6 Å². The Bertz CT molecular complexity index is 443. The van der Waals surface area contributed by atoms with Gasteiger partial charge in [0.1, 0.15) is 0 Å².